The van der Waals surface area contributed by atoms with Crippen LogP contribution in [0.4, 0.5) is 0 Å². The van der Waals surface area contributed by atoms with E-state index in [1.807, 2.05) is 0 Å². The van der Waals surface area contributed by atoms with Crippen LogP contribution in [0.2, 0.25) is 0 Å². The van der Waals surface area contributed by atoms with Crippen LogP contribution in [0.15, 0.2) is 28.0 Å². The molecule has 5 heteroatoms. The van der Waals surface area contributed by atoms with Crippen LogP contribution in [0.25, 0.3) is 11.0 Å². The minimum absolute atomic E-state index is 0.358. The Morgan fingerprint density at radius 1 is 1.45 bits per heavy atom. The van der Waals surface area contributed by atoms with E-state index in [-0.39, 0.29) is 0 Å². The monoisotopic (exact) mass is 149 g/mol. The summed E-state index contributed by atoms with van der Waals surface area (Å²) in [6.45, 7) is 0. The predicted molar refractivity (Wildman–Crippen MR) is 35.9 cm³/mol. The third-order valence-corrected chi connectivity index (χ3v) is 1.20. The molecule has 2 aromatic heterocycles. The molecule has 2 heterocycles. The smallest absolute Gasteiger partial charge is 0.416 e. The van der Waals surface area contributed by atoms with Gasteiger partial charge < -0.3 is 4.42 Å². The van der Waals surface area contributed by atoms with Gasteiger partial charge in [-0.15, -0.1) is 0 Å². The number of hydrogen-bond donors (Lipinski definition) is 0. The van der Waals surface area contributed by atoms with Crippen molar-refractivity contribution in [3.8, 4) is 0 Å². The largest absolute Gasteiger partial charge is 0.440 e. The number of nitrogens with zero attached hydrogens (tertiary/aromatic N) is 3. The van der Waals surface area contributed by atoms with E-state index in [0.29, 0.717) is 11.0 Å². The van der Waals surface area contributed by atoms with Crippen LogP contribution >= 0.6 is 0 Å². The van der Waals surface area contributed by atoms with Crippen LogP contribution in [0, 0.1) is 0 Å². The van der Waals surface area contributed by atoms with Crippen LogP contribution < -0.4 is 5.76 Å². The average molecular weight is 149 g/mol. The highest BCUT2D eigenvalue weighted by Gasteiger charge is 1.95. The number of hydrogen-bond acceptors (Lipinski definition) is 5. The van der Waals surface area contributed by atoms with Crippen molar-refractivity contribution in [2.45, 2.75) is 0 Å². The van der Waals surface area contributed by atoms with Crippen LogP contribution in [-0.4, -0.2) is 15.0 Å². The highest BCUT2D eigenvalue weighted by Crippen LogP contribution is 2.00. The van der Waals surface area contributed by atoms with Crippen molar-refractivity contribution in [1.82, 2.24) is 15.0 Å². The molecule has 0 spiro atoms. The fourth-order valence-electron chi connectivity index (χ4n) is 0.737. The van der Waals surface area contributed by atoms with Gasteiger partial charge in [-0.25, -0.2) is 14.8 Å². The Morgan fingerprint density at radius 3 is 3.27 bits per heavy atom. The van der Waals surface area contributed by atoms with Crippen LogP contribution in [-0.2, 0) is 0 Å². The first-order valence-electron chi connectivity index (χ1n) is 2.92. The highest BCUT2D eigenvalue weighted by molar-refractivity contribution is 5.70. The molecule has 0 atom stereocenters. The summed E-state index contributed by atoms with van der Waals surface area (Å²) in [5.41, 5.74) is 0.358. The van der Waals surface area contributed by atoms with Crippen molar-refractivity contribution in [1.29, 1.82) is 0 Å². The highest BCUT2D eigenvalue weighted by atomic mass is 16.4. The summed E-state index contributed by atoms with van der Waals surface area (Å²) in [7, 11) is 0. The molecule has 0 aliphatic rings. The molecule has 0 unspecified atom stereocenters. The van der Waals surface area contributed by atoms with Crippen molar-refractivity contribution in [2.24, 2.45) is 0 Å². The zero-order valence-corrected chi connectivity index (χ0v) is 5.39. The second-order valence-corrected chi connectivity index (χ2v) is 1.92. The lowest BCUT2D eigenvalue weighted by molar-refractivity contribution is 0.492. The minimum Gasteiger partial charge on any atom is -0.416 e. The summed E-state index contributed by atoms with van der Waals surface area (Å²) in [6.07, 6.45) is 4.14. The van der Waals surface area contributed by atoms with Crippen molar-refractivity contribution in [2.75, 3.05) is 0 Å². The normalized spacial score (nSPS) is 10.2. The summed E-state index contributed by atoms with van der Waals surface area (Å²) in [5.74, 6) is -0.642. The molecule has 0 aliphatic heterocycles. The molecule has 0 radical (unpaired) electrons. The summed E-state index contributed by atoms with van der Waals surface area (Å²) in [5, 5.41) is 0.618. The maximum Gasteiger partial charge on any atom is 0.440 e. The maximum absolute atomic E-state index is 10.5. The molecular weight excluding hydrogens is 146 g/mol. The fourth-order valence-corrected chi connectivity index (χ4v) is 0.737. The molecular formula is C6H3N3O2. The second-order valence-electron chi connectivity index (χ2n) is 1.92. The molecule has 0 saturated carbocycles. The Hall–Kier alpha value is -1.78. The van der Waals surface area contributed by atoms with Gasteiger partial charge in [0.15, 0.2) is 5.65 Å². The topological polar surface area (TPSA) is 68.9 Å². The van der Waals surface area contributed by atoms with E-state index < -0.39 is 5.76 Å². The lowest BCUT2D eigenvalue weighted by atomic mass is 10.4. The Balaban J connectivity index is 2.94. The average Bonchev–Trinajstić information content (AvgIpc) is 2.04. The number of rotatable bonds is 0. The SMILES string of the molecule is O=c1nc2ncncc2co1. The third-order valence-electron chi connectivity index (χ3n) is 1.20. The third kappa shape index (κ3) is 0.958. The van der Waals surface area contributed by atoms with Gasteiger partial charge >= 0.3 is 5.76 Å². The van der Waals surface area contributed by atoms with E-state index in [4.69, 9.17) is 0 Å². The Kier molecular flexibility index (Phi) is 1.15. The molecule has 2 aromatic rings. The van der Waals surface area contributed by atoms with Crippen LogP contribution in [0.3, 0.4) is 0 Å². The maximum atomic E-state index is 10.5. The van der Waals surface area contributed by atoms with Crippen molar-refractivity contribution >= 4 is 11.0 Å². The van der Waals surface area contributed by atoms with Crippen molar-refractivity contribution in [3.05, 3.63) is 29.3 Å². The predicted octanol–water partition coefficient (Wildman–Crippen LogP) is -0.0220. The van der Waals surface area contributed by atoms with Crippen LogP contribution in [0.5, 0.6) is 0 Å². The molecule has 5 nitrogen and oxygen atoms in total. The Labute approximate surface area is 60.7 Å². The van der Waals surface area contributed by atoms with Gasteiger partial charge in [0.2, 0.25) is 0 Å². The summed E-state index contributed by atoms with van der Waals surface area (Å²) < 4.78 is 4.49. The minimum atomic E-state index is -0.642. The number of fused-ring (bicyclic) bond motifs is 1. The lowest BCUT2D eigenvalue weighted by Gasteiger charge is -1.88. The Bertz CT molecular complexity index is 437. The van der Waals surface area contributed by atoms with Crippen LogP contribution in [0.1, 0.15) is 0 Å². The van der Waals surface area contributed by atoms with Gasteiger partial charge in [0.25, 0.3) is 0 Å². The van der Waals surface area contributed by atoms with Gasteiger partial charge in [-0.05, 0) is 0 Å². The summed E-state index contributed by atoms with van der Waals surface area (Å²) in [4.78, 5) is 21.5. The van der Waals surface area contributed by atoms with E-state index in [1.165, 1.54) is 18.8 Å². The Morgan fingerprint density at radius 2 is 2.36 bits per heavy atom. The van der Waals surface area contributed by atoms with Gasteiger partial charge in [-0.1, -0.05) is 0 Å². The zero-order chi connectivity index (χ0) is 7.68. The first-order valence-corrected chi connectivity index (χ1v) is 2.92. The van der Waals surface area contributed by atoms with E-state index in [0.717, 1.165) is 0 Å². The van der Waals surface area contributed by atoms with Crippen molar-refractivity contribution < 1.29 is 4.42 Å². The standard InChI is InChI=1S/C6H3N3O2/c10-6-9-5-4(2-11-6)1-7-3-8-5/h1-3H. The molecule has 0 N–H and O–H groups in total. The van der Waals surface area contributed by atoms with E-state index in [2.05, 4.69) is 19.4 Å². The van der Waals surface area contributed by atoms with Gasteiger partial charge in [0.05, 0.1) is 5.39 Å². The molecule has 0 amide bonds. The molecule has 54 valence electrons. The molecule has 0 saturated heterocycles. The number of aromatic nitrogens is 3. The fraction of sp³-hybridized carbons (Fsp3) is 0. The first-order chi connectivity index (χ1) is 5.36. The second kappa shape index (κ2) is 2.12. The molecule has 2 rings (SSSR count). The summed E-state index contributed by atoms with van der Waals surface area (Å²) in [6, 6.07) is 0. The molecule has 0 fully saturated rings. The van der Waals surface area contributed by atoms with E-state index in [1.54, 1.807) is 0 Å². The lowest BCUT2D eigenvalue weighted by Crippen LogP contribution is -2.03. The van der Waals surface area contributed by atoms with E-state index >= 15 is 0 Å². The first kappa shape index (κ1) is 5.96. The van der Waals surface area contributed by atoms with Gasteiger partial charge in [-0.2, -0.15) is 4.98 Å². The van der Waals surface area contributed by atoms with Gasteiger partial charge in [0, 0.05) is 6.20 Å². The van der Waals surface area contributed by atoms with Gasteiger partial charge in [-0.3, -0.25) is 0 Å². The van der Waals surface area contributed by atoms with E-state index in [9.17, 15) is 4.79 Å². The molecule has 0 aliphatic carbocycles. The zero-order valence-electron chi connectivity index (χ0n) is 5.39. The van der Waals surface area contributed by atoms with Crippen molar-refractivity contribution in [3.63, 3.8) is 0 Å². The van der Waals surface area contributed by atoms with Gasteiger partial charge in [0.1, 0.15) is 12.6 Å². The molecule has 0 aromatic carbocycles. The summed E-state index contributed by atoms with van der Waals surface area (Å²) >= 11 is 0. The molecule has 0 bridgehead atoms. The molecule has 11 heavy (non-hydrogen) atoms. The quantitative estimate of drug-likeness (QED) is 0.526.